The van der Waals surface area contributed by atoms with Gasteiger partial charge in [0.15, 0.2) is 19.5 Å². The Hall–Kier alpha value is -1.07. The molecule has 3 atom stereocenters. The van der Waals surface area contributed by atoms with Crippen LogP contribution in [0.2, 0.25) is 13.1 Å². The fourth-order valence-electron chi connectivity index (χ4n) is 3.92. The highest BCUT2D eigenvalue weighted by Crippen LogP contribution is 2.50. The van der Waals surface area contributed by atoms with Crippen molar-refractivity contribution in [3.8, 4) is 0 Å². The molecule has 0 amide bonds. The van der Waals surface area contributed by atoms with Crippen LogP contribution >= 0.6 is 0 Å². The van der Waals surface area contributed by atoms with Crippen LogP contribution in [0.1, 0.15) is 38.4 Å². The van der Waals surface area contributed by atoms with E-state index >= 15 is 0 Å². The molecular weight excluding hydrogens is 366 g/mol. The van der Waals surface area contributed by atoms with Crippen LogP contribution in [0.25, 0.3) is 0 Å². The first-order chi connectivity index (χ1) is 12.4. The molecule has 8 heteroatoms. The van der Waals surface area contributed by atoms with Gasteiger partial charge in [0.2, 0.25) is 0 Å². The Labute approximate surface area is 160 Å². The summed E-state index contributed by atoms with van der Waals surface area (Å²) >= 11 is 0. The van der Waals surface area contributed by atoms with Crippen molar-refractivity contribution in [3.05, 3.63) is 30.1 Å². The summed E-state index contributed by atoms with van der Waals surface area (Å²) in [6.07, 6.45) is 3.89. The number of hydrogen-bond donors (Lipinski definition) is 1. The van der Waals surface area contributed by atoms with Crippen molar-refractivity contribution < 1.29 is 23.5 Å². The number of carboxylic acid groups (broad SMARTS) is 1. The number of aromatic nitrogens is 1. The van der Waals surface area contributed by atoms with E-state index in [4.69, 9.17) is 13.6 Å². The van der Waals surface area contributed by atoms with E-state index in [1.807, 2.05) is 18.3 Å². The maximum absolute atomic E-state index is 11.2. The van der Waals surface area contributed by atoms with Crippen molar-refractivity contribution in [2.75, 3.05) is 6.61 Å². The van der Waals surface area contributed by atoms with Crippen molar-refractivity contribution in [1.29, 1.82) is 0 Å². The maximum atomic E-state index is 11.2. The minimum absolute atomic E-state index is 0.0945. The van der Waals surface area contributed by atoms with Gasteiger partial charge >= 0.3 is 5.97 Å². The highest BCUT2D eigenvalue weighted by Gasteiger charge is 2.49. The maximum Gasteiger partial charge on any atom is 0.303 e. The molecule has 2 rings (SSSR count). The lowest BCUT2D eigenvalue weighted by Gasteiger charge is -2.41. The molecule has 0 bridgehead atoms. The zero-order valence-electron chi connectivity index (χ0n) is 16.2. The number of carbonyl (C=O) groups is 1. The lowest BCUT2D eigenvalue weighted by molar-refractivity contribution is -0.138. The molecule has 0 saturated carbocycles. The van der Waals surface area contributed by atoms with E-state index in [-0.39, 0.29) is 36.1 Å². The van der Waals surface area contributed by atoms with Crippen LogP contribution < -0.4 is 0 Å². The molecule has 1 fully saturated rings. The Morgan fingerprint density at radius 1 is 1.42 bits per heavy atom. The Bertz CT molecular complexity index is 566. The summed E-state index contributed by atoms with van der Waals surface area (Å²) in [5.41, 5.74) is 0.765. The monoisotopic (exact) mass is 397 g/mol. The Morgan fingerprint density at radius 2 is 2.12 bits per heavy atom. The second-order valence-corrected chi connectivity index (χ2v) is 9.13. The van der Waals surface area contributed by atoms with E-state index in [0.29, 0.717) is 13.0 Å². The quantitative estimate of drug-likeness (QED) is 0.480. The topological polar surface area (TPSA) is 77.9 Å². The van der Waals surface area contributed by atoms with Gasteiger partial charge < -0.3 is 18.7 Å². The number of rotatable bonds is 10. The molecule has 3 unspecified atom stereocenters. The second-order valence-electron chi connectivity index (χ2n) is 7.31. The third-order valence-corrected chi connectivity index (χ3v) is 6.54. The Kier molecular flexibility index (Phi) is 7.96. The van der Waals surface area contributed by atoms with E-state index in [1.54, 1.807) is 6.20 Å². The zero-order chi connectivity index (χ0) is 19.2. The molecule has 0 aliphatic carbocycles. The molecule has 26 heavy (non-hydrogen) atoms. The summed E-state index contributed by atoms with van der Waals surface area (Å²) in [7, 11) is -1.23. The van der Waals surface area contributed by atoms with Gasteiger partial charge in [-0.05, 0) is 29.9 Å². The fraction of sp³-hybridized carbons (Fsp3) is 0.667. The normalized spacial score (nSPS) is 25.5. The molecule has 0 aromatic carbocycles. The van der Waals surface area contributed by atoms with Gasteiger partial charge in [-0.15, -0.1) is 0 Å². The summed E-state index contributed by atoms with van der Waals surface area (Å²) in [4.78, 5) is 15.4. The van der Waals surface area contributed by atoms with Crippen LogP contribution in [0, 0.1) is 17.3 Å². The second kappa shape index (κ2) is 9.75. The van der Waals surface area contributed by atoms with Gasteiger partial charge in [0, 0.05) is 24.2 Å². The predicted molar refractivity (Wildman–Crippen MR) is 105 cm³/mol. The van der Waals surface area contributed by atoms with Crippen LogP contribution in [0.15, 0.2) is 24.5 Å². The largest absolute Gasteiger partial charge is 0.481 e. The Balaban J connectivity index is 2.28. The van der Waals surface area contributed by atoms with Crippen molar-refractivity contribution in [1.82, 2.24) is 4.98 Å². The minimum Gasteiger partial charge on any atom is -0.481 e. The summed E-state index contributed by atoms with van der Waals surface area (Å²) in [5.74, 6) is -0.514. The standard InChI is InChI=1S/C18H31NO5Si2/c1-18(2,17(23-25-3)24-26-4)14-11-22-16(12-6-5-9-19-10-12)13(14)7-8-15(20)21/h5-6,9-10,13-14,16-17H,7-8,11,25-26H2,1-4H3,(H,20,21). The van der Waals surface area contributed by atoms with Gasteiger partial charge in [-0.1, -0.05) is 33.0 Å². The van der Waals surface area contributed by atoms with Gasteiger partial charge in [0.1, 0.15) is 6.29 Å². The van der Waals surface area contributed by atoms with Gasteiger partial charge in [-0.3, -0.25) is 9.78 Å². The van der Waals surface area contributed by atoms with E-state index in [0.717, 1.165) is 5.56 Å². The lowest BCUT2D eigenvalue weighted by atomic mass is 9.69. The number of pyridine rings is 1. The van der Waals surface area contributed by atoms with Gasteiger partial charge in [0.25, 0.3) is 0 Å². The molecule has 1 aliphatic rings. The molecule has 0 spiro atoms. The summed E-state index contributed by atoms with van der Waals surface area (Å²) in [6, 6.07) is 3.90. The van der Waals surface area contributed by atoms with Crippen LogP contribution in [0.5, 0.6) is 0 Å². The number of ether oxygens (including phenoxy) is 1. The molecule has 0 radical (unpaired) electrons. The first kappa shape index (κ1) is 21.2. The van der Waals surface area contributed by atoms with E-state index in [2.05, 4.69) is 31.9 Å². The lowest BCUT2D eigenvalue weighted by Crippen LogP contribution is -2.44. The van der Waals surface area contributed by atoms with Crippen LogP contribution in [0.4, 0.5) is 0 Å². The van der Waals surface area contributed by atoms with Crippen molar-refractivity contribution >= 4 is 25.5 Å². The number of carboxylic acids is 1. The number of aliphatic carboxylic acids is 1. The first-order valence-electron chi connectivity index (χ1n) is 9.38. The van der Waals surface area contributed by atoms with Crippen LogP contribution in [-0.4, -0.2) is 48.5 Å². The average molecular weight is 398 g/mol. The molecule has 1 saturated heterocycles. The molecule has 1 aliphatic heterocycles. The van der Waals surface area contributed by atoms with Gasteiger partial charge in [0.05, 0.1) is 12.7 Å². The smallest absolute Gasteiger partial charge is 0.303 e. The Morgan fingerprint density at radius 3 is 2.65 bits per heavy atom. The third kappa shape index (κ3) is 5.01. The van der Waals surface area contributed by atoms with Crippen LogP contribution in [-0.2, 0) is 18.4 Å². The predicted octanol–water partition coefficient (Wildman–Crippen LogP) is 1.90. The summed E-state index contributed by atoms with van der Waals surface area (Å²) in [6.45, 7) is 9.12. The van der Waals surface area contributed by atoms with Crippen molar-refractivity contribution in [2.45, 2.75) is 52.2 Å². The number of hydrogen-bond acceptors (Lipinski definition) is 5. The molecular formula is C18H31NO5Si2. The minimum atomic E-state index is -0.774. The van der Waals surface area contributed by atoms with Crippen molar-refractivity contribution in [2.24, 2.45) is 17.3 Å². The number of nitrogens with zero attached hydrogens (tertiary/aromatic N) is 1. The highest BCUT2D eigenvalue weighted by atomic mass is 28.2. The average Bonchev–Trinajstić information content (AvgIpc) is 3.05. The van der Waals surface area contributed by atoms with Gasteiger partial charge in [-0.2, -0.15) is 0 Å². The molecule has 1 N–H and O–H groups in total. The molecule has 146 valence electrons. The summed E-state index contributed by atoms with van der Waals surface area (Å²) < 4.78 is 18.3. The van der Waals surface area contributed by atoms with E-state index in [1.165, 1.54) is 0 Å². The first-order valence-corrected chi connectivity index (χ1v) is 13.4. The molecule has 6 nitrogen and oxygen atoms in total. The highest BCUT2D eigenvalue weighted by molar-refractivity contribution is 6.26. The summed E-state index contributed by atoms with van der Waals surface area (Å²) in [5, 5.41) is 9.21. The third-order valence-electron chi connectivity index (χ3n) is 5.26. The SMILES string of the molecule is C[SiH2]OC(O[SiH2]C)C(C)(C)C1COC(c2cccnc2)C1CCC(=O)O. The molecule has 2 heterocycles. The van der Waals surface area contributed by atoms with E-state index in [9.17, 15) is 9.90 Å². The van der Waals surface area contributed by atoms with Crippen molar-refractivity contribution in [3.63, 3.8) is 0 Å². The zero-order valence-corrected chi connectivity index (χ0v) is 19.0. The van der Waals surface area contributed by atoms with Crippen LogP contribution in [0.3, 0.4) is 0 Å². The molecule has 1 aromatic heterocycles. The van der Waals surface area contributed by atoms with E-state index < -0.39 is 25.5 Å². The fourth-order valence-corrected chi connectivity index (χ4v) is 5.77. The molecule has 1 aromatic rings. The van der Waals surface area contributed by atoms with Gasteiger partial charge in [-0.25, -0.2) is 0 Å².